The molecule has 0 bridgehead atoms. The fourth-order valence-electron chi connectivity index (χ4n) is 6.35. The maximum Gasteiger partial charge on any atom is 0.251 e. The molecule has 3 aromatic carbocycles. The summed E-state index contributed by atoms with van der Waals surface area (Å²) in [4.78, 5) is 19.6. The summed E-state index contributed by atoms with van der Waals surface area (Å²) in [5, 5.41) is 0.880. The molecular weight excluding hydrogens is 607 g/mol. The summed E-state index contributed by atoms with van der Waals surface area (Å²) in [6.07, 6.45) is 3.03. The van der Waals surface area contributed by atoms with Crippen LogP contribution in [-0.2, 0) is 11.2 Å². The number of pyridine rings is 1. The highest BCUT2D eigenvalue weighted by atomic mass is 32.1. The van der Waals surface area contributed by atoms with E-state index in [1.807, 2.05) is 53.4 Å². The minimum atomic E-state index is -2.63. The third kappa shape index (κ3) is 6.29. The van der Waals surface area contributed by atoms with Crippen LogP contribution in [0.25, 0.3) is 33.2 Å². The molecule has 0 radical (unpaired) electrons. The summed E-state index contributed by atoms with van der Waals surface area (Å²) in [5.74, 6) is -1.40. The number of rotatable bonds is 8. The van der Waals surface area contributed by atoms with Crippen LogP contribution in [0.1, 0.15) is 48.5 Å². The number of nitrogens with two attached hydrogens (primary N) is 1. The van der Waals surface area contributed by atoms with Crippen LogP contribution in [0.4, 0.5) is 19.0 Å². The van der Waals surface area contributed by atoms with Crippen molar-refractivity contribution in [2.75, 3.05) is 18.8 Å². The Kier molecular flexibility index (Phi) is 7.88. The predicted molar refractivity (Wildman–Crippen MR) is 177 cm³/mol. The molecule has 5 aromatic rings. The lowest BCUT2D eigenvalue weighted by atomic mass is 9.96. The van der Waals surface area contributed by atoms with Gasteiger partial charge in [-0.3, -0.25) is 4.79 Å². The van der Waals surface area contributed by atoms with Crippen molar-refractivity contribution >= 4 is 39.8 Å². The van der Waals surface area contributed by atoms with Gasteiger partial charge in [0, 0.05) is 67.4 Å². The Balaban J connectivity index is 1.12. The minimum absolute atomic E-state index is 0.0112. The number of halogens is 3. The Morgan fingerprint density at radius 2 is 1.67 bits per heavy atom. The van der Waals surface area contributed by atoms with Gasteiger partial charge >= 0.3 is 0 Å². The number of hydrogen-bond acceptors (Lipinski definition) is 5. The number of ketones is 1. The van der Waals surface area contributed by atoms with E-state index in [1.54, 1.807) is 24.4 Å². The number of hydrogen-bond donors (Lipinski definition) is 1. The van der Waals surface area contributed by atoms with E-state index in [-0.39, 0.29) is 49.4 Å². The zero-order valence-corrected chi connectivity index (χ0v) is 25.8. The Hall–Kier alpha value is -4.50. The summed E-state index contributed by atoms with van der Waals surface area (Å²) < 4.78 is 47.5. The molecule has 0 amide bonds. The number of alkyl halides is 2. The van der Waals surface area contributed by atoms with Gasteiger partial charge in [0.2, 0.25) is 0 Å². The minimum Gasteiger partial charge on any atom is -0.460 e. The molecule has 2 atom stereocenters. The van der Waals surface area contributed by atoms with Crippen LogP contribution in [0.2, 0.25) is 0 Å². The molecule has 2 aliphatic rings. The molecule has 1 aliphatic carbocycles. The van der Waals surface area contributed by atoms with Crippen LogP contribution in [0.15, 0.2) is 89.5 Å². The Morgan fingerprint density at radius 3 is 2.37 bits per heavy atom. The number of fused-ring (bicyclic) bond motifs is 1. The number of benzene rings is 3. The normalized spacial score (nSPS) is 18.9. The molecule has 234 valence electrons. The number of aryl methyl sites for hydroxylation is 1. The van der Waals surface area contributed by atoms with Gasteiger partial charge in [0.25, 0.3) is 5.92 Å². The molecule has 7 rings (SSSR count). The number of piperidine rings is 1. The number of nitrogens with zero attached hydrogens (tertiary/aromatic N) is 2. The number of thiocarbonyl (C=S) groups is 1. The van der Waals surface area contributed by atoms with Crippen molar-refractivity contribution in [2.45, 2.75) is 43.9 Å². The zero-order valence-electron chi connectivity index (χ0n) is 25.0. The number of carbonyl (C=O) groups is 1. The summed E-state index contributed by atoms with van der Waals surface area (Å²) in [6, 6.07) is 23.8. The molecule has 2 N–H and O–H groups in total. The Bertz CT molecular complexity index is 1910. The van der Waals surface area contributed by atoms with Crippen molar-refractivity contribution in [3.8, 4) is 22.3 Å². The third-order valence-electron chi connectivity index (χ3n) is 9.13. The first-order chi connectivity index (χ1) is 22.1. The number of Topliss-reactive ketones (excluding diaryl/α,β-unsaturated/α-hetero) is 1. The quantitative estimate of drug-likeness (QED) is 0.172. The van der Waals surface area contributed by atoms with E-state index in [1.165, 1.54) is 12.1 Å². The van der Waals surface area contributed by atoms with Gasteiger partial charge in [0.05, 0.1) is 0 Å². The molecule has 1 saturated carbocycles. The van der Waals surface area contributed by atoms with Crippen molar-refractivity contribution < 1.29 is 22.4 Å². The molecule has 2 fully saturated rings. The lowest BCUT2D eigenvalue weighted by Crippen LogP contribution is -2.42. The van der Waals surface area contributed by atoms with E-state index in [0.717, 1.165) is 45.2 Å². The van der Waals surface area contributed by atoms with E-state index in [0.29, 0.717) is 35.0 Å². The van der Waals surface area contributed by atoms with E-state index >= 15 is 0 Å². The highest BCUT2D eigenvalue weighted by Gasteiger charge is 2.43. The fraction of sp³-hybridized carbons (Fsp3) is 0.270. The first-order valence-electron chi connectivity index (χ1n) is 15.5. The van der Waals surface area contributed by atoms with Crippen molar-refractivity contribution in [3.63, 3.8) is 0 Å². The predicted octanol–water partition coefficient (Wildman–Crippen LogP) is 8.60. The zero-order chi connectivity index (χ0) is 32.0. The summed E-state index contributed by atoms with van der Waals surface area (Å²) in [6.45, 7) is 0.474. The molecule has 46 heavy (non-hydrogen) atoms. The second-order valence-electron chi connectivity index (χ2n) is 12.3. The molecule has 2 aromatic heterocycles. The van der Waals surface area contributed by atoms with Crippen LogP contribution in [-0.4, -0.2) is 39.7 Å². The second-order valence-corrected chi connectivity index (χ2v) is 12.7. The van der Waals surface area contributed by atoms with E-state index in [2.05, 4.69) is 4.98 Å². The van der Waals surface area contributed by atoms with Gasteiger partial charge in [-0.15, -0.1) is 0 Å². The Morgan fingerprint density at radius 1 is 0.957 bits per heavy atom. The smallest absolute Gasteiger partial charge is 0.251 e. The molecule has 1 aliphatic heterocycles. The average molecular weight is 640 g/mol. The fourth-order valence-corrected chi connectivity index (χ4v) is 6.67. The number of nitrogen functional groups attached to an aromatic ring is 1. The van der Waals surface area contributed by atoms with Crippen LogP contribution >= 0.6 is 12.2 Å². The van der Waals surface area contributed by atoms with Gasteiger partial charge < -0.3 is 15.1 Å². The second kappa shape index (κ2) is 12.0. The molecule has 2 unspecified atom stereocenters. The SMILES string of the molecule is Nc1ccc(C2CC2C(=O)CCc2cc3cc(-c4ccc(C(=S)N5CCC(F)(F)CC5)cc4)cc(-c4ccc(F)cc4)c3o2)cn1. The lowest BCUT2D eigenvalue weighted by molar-refractivity contribution is -0.120. The summed E-state index contributed by atoms with van der Waals surface area (Å²) in [5.41, 5.74) is 11.7. The van der Waals surface area contributed by atoms with Crippen LogP contribution in [0.5, 0.6) is 0 Å². The van der Waals surface area contributed by atoms with Gasteiger partial charge in [-0.2, -0.15) is 0 Å². The highest BCUT2D eigenvalue weighted by Crippen LogP contribution is 2.48. The van der Waals surface area contributed by atoms with Gasteiger partial charge in [-0.1, -0.05) is 54.7 Å². The number of aromatic nitrogens is 1. The monoisotopic (exact) mass is 639 g/mol. The standard InChI is InChI=1S/C37H32F3N3O2S/c38-28-8-5-23(6-9-28)31-19-26(22-1-3-24(4-2-22)36(46)43-15-13-37(39,40)14-16-43)17-27-18-29(45-35(27)31)10-11-33(44)32-20-30(32)25-7-12-34(41)42-21-25/h1-9,12,17-19,21,30,32H,10-11,13-16,20H2,(H2,41,42). The van der Waals surface area contributed by atoms with Crippen LogP contribution in [0, 0.1) is 11.7 Å². The third-order valence-corrected chi connectivity index (χ3v) is 9.62. The number of anilines is 1. The summed E-state index contributed by atoms with van der Waals surface area (Å²) in [7, 11) is 0. The van der Waals surface area contributed by atoms with Crippen LogP contribution < -0.4 is 5.73 Å². The lowest BCUT2D eigenvalue weighted by Gasteiger charge is -2.33. The number of likely N-dealkylation sites (tertiary alicyclic amines) is 1. The van der Waals surface area contributed by atoms with E-state index in [9.17, 15) is 18.0 Å². The maximum absolute atomic E-state index is 13.8. The number of carbonyl (C=O) groups excluding carboxylic acids is 1. The number of furan rings is 1. The molecular formula is C37H32F3N3O2S. The van der Waals surface area contributed by atoms with Gasteiger partial charge in [0.1, 0.15) is 33.8 Å². The first-order valence-corrected chi connectivity index (χ1v) is 15.9. The molecule has 1 saturated heterocycles. The topological polar surface area (TPSA) is 72.4 Å². The molecule has 5 nitrogen and oxygen atoms in total. The van der Waals surface area contributed by atoms with Gasteiger partial charge in [0.15, 0.2) is 0 Å². The highest BCUT2D eigenvalue weighted by molar-refractivity contribution is 7.80. The average Bonchev–Trinajstić information content (AvgIpc) is 3.75. The summed E-state index contributed by atoms with van der Waals surface area (Å²) >= 11 is 5.64. The van der Waals surface area contributed by atoms with Gasteiger partial charge in [-0.25, -0.2) is 18.2 Å². The van der Waals surface area contributed by atoms with Crippen molar-refractivity contribution in [2.24, 2.45) is 5.92 Å². The first kappa shape index (κ1) is 30.2. The van der Waals surface area contributed by atoms with E-state index in [4.69, 9.17) is 22.4 Å². The van der Waals surface area contributed by atoms with E-state index < -0.39 is 5.92 Å². The van der Waals surface area contributed by atoms with Crippen molar-refractivity contribution in [3.05, 3.63) is 108 Å². The Labute approximate surface area is 270 Å². The molecule has 0 spiro atoms. The van der Waals surface area contributed by atoms with Crippen LogP contribution in [0.3, 0.4) is 0 Å². The molecule has 9 heteroatoms. The maximum atomic E-state index is 13.8. The molecule has 3 heterocycles. The largest absolute Gasteiger partial charge is 0.460 e. The van der Waals surface area contributed by atoms with Crippen molar-refractivity contribution in [1.82, 2.24) is 9.88 Å². The van der Waals surface area contributed by atoms with Crippen molar-refractivity contribution in [1.29, 1.82) is 0 Å². The van der Waals surface area contributed by atoms with Gasteiger partial charge in [-0.05, 0) is 71.0 Å².